The molecular weight excluding hydrogens is 193 g/mol. The van der Waals surface area contributed by atoms with Gasteiger partial charge in [-0.2, -0.15) is 0 Å². The SMILES string of the molecule is CCN(CCCO)CC(C)O.[V]. The first-order valence-corrected chi connectivity index (χ1v) is 4.22. The summed E-state index contributed by atoms with van der Waals surface area (Å²) in [5, 5.41) is 17.6. The third-order valence-corrected chi connectivity index (χ3v) is 1.60. The van der Waals surface area contributed by atoms with Gasteiger partial charge in [0.15, 0.2) is 0 Å². The molecule has 0 fully saturated rings. The first-order chi connectivity index (χ1) is 5.20. The van der Waals surface area contributed by atoms with Crippen LogP contribution in [0.2, 0.25) is 0 Å². The Morgan fingerprint density at radius 1 is 1.42 bits per heavy atom. The maximum atomic E-state index is 9.05. The fraction of sp³-hybridized carbons (Fsp3) is 1.00. The summed E-state index contributed by atoms with van der Waals surface area (Å²) in [5.74, 6) is 0. The van der Waals surface area contributed by atoms with E-state index in [4.69, 9.17) is 10.2 Å². The Labute approximate surface area is 86.7 Å². The van der Waals surface area contributed by atoms with E-state index in [1.54, 1.807) is 6.92 Å². The summed E-state index contributed by atoms with van der Waals surface area (Å²) in [4.78, 5) is 2.13. The standard InChI is InChI=1S/C8H19NO2.V/c1-3-9(5-4-6-10)7-8(2)11;/h8,10-11H,3-7H2,1-2H3;. The number of nitrogens with zero attached hydrogens (tertiary/aromatic N) is 1. The maximum Gasteiger partial charge on any atom is 0.0639 e. The van der Waals surface area contributed by atoms with Gasteiger partial charge >= 0.3 is 0 Å². The van der Waals surface area contributed by atoms with E-state index in [2.05, 4.69) is 11.8 Å². The van der Waals surface area contributed by atoms with Gasteiger partial charge in [-0.15, -0.1) is 0 Å². The van der Waals surface area contributed by atoms with Gasteiger partial charge in [-0.3, -0.25) is 0 Å². The molecule has 1 atom stereocenters. The van der Waals surface area contributed by atoms with Crippen molar-refractivity contribution in [2.45, 2.75) is 26.4 Å². The molecule has 1 radical (unpaired) electrons. The smallest absolute Gasteiger partial charge is 0.0639 e. The minimum Gasteiger partial charge on any atom is -0.396 e. The normalized spacial score (nSPS) is 12.8. The van der Waals surface area contributed by atoms with E-state index in [0.717, 1.165) is 19.5 Å². The second-order valence-electron chi connectivity index (χ2n) is 2.82. The summed E-state index contributed by atoms with van der Waals surface area (Å²) in [6.45, 7) is 6.58. The number of likely N-dealkylation sites (N-methyl/N-ethyl adjacent to an activating group) is 1. The van der Waals surface area contributed by atoms with Crippen LogP contribution in [0.3, 0.4) is 0 Å². The number of aliphatic hydroxyl groups is 2. The molecule has 0 aromatic rings. The molecule has 0 amide bonds. The molecule has 0 aromatic heterocycles. The van der Waals surface area contributed by atoms with Crippen LogP contribution in [0.25, 0.3) is 0 Å². The molecule has 2 N–H and O–H groups in total. The Bertz CT molecular complexity index is 91.1. The van der Waals surface area contributed by atoms with Crippen LogP contribution in [0, 0.1) is 0 Å². The molecular formula is C8H19NO2V. The van der Waals surface area contributed by atoms with Crippen molar-refractivity contribution in [3.63, 3.8) is 0 Å². The molecule has 0 spiro atoms. The maximum absolute atomic E-state index is 9.05. The van der Waals surface area contributed by atoms with Crippen LogP contribution < -0.4 is 0 Å². The van der Waals surface area contributed by atoms with Crippen LogP contribution in [0.1, 0.15) is 20.3 Å². The predicted octanol–water partition coefficient (Wildman–Crippen LogP) is 0.0690. The minimum atomic E-state index is -0.270. The first-order valence-electron chi connectivity index (χ1n) is 4.22. The Morgan fingerprint density at radius 3 is 2.33 bits per heavy atom. The first kappa shape index (κ1) is 15.0. The fourth-order valence-electron chi connectivity index (χ4n) is 1.05. The van der Waals surface area contributed by atoms with Crippen molar-refractivity contribution in [1.29, 1.82) is 0 Å². The number of hydrogen-bond donors (Lipinski definition) is 2. The minimum absolute atomic E-state index is 0. The molecule has 0 aliphatic rings. The molecule has 12 heavy (non-hydrogen) atoms. The van der Waals surface area contributed by atoms with Crippen molar-refractivity contribution < 1.29 is 28.8 Å². The summed E-state index contributed by atoms with van der Waals surface area (Å²) in [6, 6.07) is 0. The molecule has 1 unspecified atom stereocenters. The Morgan fingerprint density at radius 2 is 2.00 bits per heavy atom. The topological polar surface area (TPSA) is 43.7 Å². The van der Waals surface area contributed by atoms with Gasteiger partial charge in [0.05, 0.1) is 6.10 Å². The van der Waals surface area contributed by atoms with Gasteiger partial charge in [-0.1, -0.05) is 6.92 Å². The summed E-state index contributed by atoms with van der Waals surface area (Å²) < 4.78 is 0. The average Bonchev–Trinajstić information content (AvgIpc) is 1.97. The molecule has 0 bridgehead atoms. The van der Waals surface area contributed by atoms with Crippen molar-refractivity contribution in [3.05, 3.63) is 0 Å². The van der Waals surface area contributed by atoms with E-state index in [-0.39, 0.29) is 31.3 Å². The zero-order valence-electron chi connectivity index (χ0n) is 7.90. The molecule has 0 aromatic carbocycles. The van der Waals surface area contributed by atoms with Crippen LogP contribution in [0.4, 0.5) is 0 Å². The van der Waals surface area contributed by atoms with E-state index in [9.17, 15) is 0 Å². The van der Waals surface area contributed by atoms with Crippen LogP contribution in [0.5, 0.6) is 0 Å². The van der Waals surface area contributed by atoms with Gasteiger partial charge in [0.1, 0.15) is 0 Å². The summed E-state index contributed by atoms with van der Waals surface area (Å²) in [5.41, 5.74) is 0. The molecule has 73 valence electrons. The molecule has 3 nitrogen and oxygen atoms in total. The number of rotatable bonds is 6. The molecule has 0 heterocycles. The van der Waals surface area contributed by atoms with Crippen LogP contribution in [0.15, 0.2) is 0 Å². The summed E-state index contributed by atoms with van der Waals surface area (Å²) in [6.07, 6.45) is 0.522. The van der Waals surface area contributed by atoms with Crippen molar-refractivity contribution in [2.75, 3.05) is 26.2 Å². The largest absolute Gasteiger partial charge is 0.396 e. The van der Waals surface area contributed by atoms with Gasteiger partial charge in [0.2, 0.25) is 0 Å². The van der Waals surface area contributed by atoms with E-state index >= 15 is 0 Å². The summed E-state index contributed by atoms with van der Waals surface area (Å²) >= 11 is 0. The zero-order valence-corrected chi connectivity index (χ0v) is 9.30. The van der Waals surface area contributed by atoms with Gasteiger partial charge in [-0.05, 0) is 19.9 Å². The van der Waals surface area contributed by atoms with Crippen molar-refractivity contribution in [3.8, 4) is 0 Å². The van der Waals surface area contributed by atoms with Gasteiger partial charge in [-0.25, -0.2) is 0 Å². The molecule has 0 rings (SSSR count). The van der Waals surface area contributed by atoms with Crippen LogP contribution in [-0.2, 0) is 18.6 Å². The number of hydrogen-bond acceptors (Lipinski definition) is 3. The summed E-state index contributed by atoms with van der Waals surface area (Å²) in [7, 11) is 0. The Balaban J connectivity index is 0. The van der Waals surface area contributed by atoms with E-state index in [0.29, 0.717) is 6.54 Å². The third-order valence-electron chi connectivity index (χ3n) is 1.60. The van der Waals surface area contributed by atoms with E-state index in [1.165, 1.54) is 0 Å². The number of aliphatic hydroxyl groups excluding tert-OH is 2. The van der Waals surface area contributed by atoms with Gasteiger partial charge < -0.3 is 15.1 Å². The molecule has 0 aliphatic heterocycles. The van der Waals surface area contributed by atoms with Crippen LogP contribution >= 0.6 is 0 Å². The second-order valence-corrected chi connectivity index (χ2v) is 2.82. The quantitative estimate of drug-likeness (QED) is 0.654. The van der Waals surface area contributed by atoms with Crippen molar-refractivity contribution in [1.82, 2.24) is 4.90 Å². The average molecular weight is 212 g/mol. The van der Waals surface area contributed by atoms with Crippen molar-refractivity contribution in [2.24, 2.45) is 0 Å². The third kappa shape index (κ3) is 8.56. The van der Waals surface area contributed by atoms with Crippen LogP contribution in [-0.4, -0.2) is 47.5 Å². The molecule has 0 saturated heterocycles. The zero-order chi connectivity index (χ0) is 8.69. The monoisotopic (exact) mass is 212 g/mol. The van der Waals surface area contributed by atoms with Gasteiger partial charge in [0.25, 0.3) is 0 Å². The molecule has 4 heteroatoms. The van der Waals surface area contributed by atoms with Crippen molar-refractivity contribution >= 4 is 0 Å². The fourth-order valence-corrected chi connectivity index (χ4v) is 1.05. The molecule has 0 aliphatic carbocycles. The van der Waals surface area contributed by atoms with E-state index < -0.39 is 0 Å². The Hall–Kier alpha value is 0.464. The van der Waals surface area contributed by atoms with E-state index in [1.807, 2.05) is 0 Å². The van der Waals surface area contributed by atoms with Gasteiger partial charge in [0, 0.05) is 38.3 Å². The second kappa shape index (κ2) is 9.55. The predicted molar refractivity (Wildman–Crippen MR) is 45.5 cm³/mol. The molecule has 0 saturated carbocycles. The Kier molecular flexibility index (Phi) is 11.9.